The van der Waals surface area contributed by atoms with Gasteiger partial charge in [-0.1, -0.05) is 160 Å². The van der Waals surface area contributed by atoms with Crippen LogP contribution in [0.5, 0.6) is 0 Å². The Morgan fingerprint density at radius 3 is 1.91 bits per heavy atom. The number of hydrogen-bond acceptors (Lipinski definition) is 3. The van der Waals surface area contributed by atoms with E-state index in [0.717, 1.165) is 29.3 Å². The molecule has 3 atom stereocenters. The Kier molecular flexibility index (Phi) is 9.78. The third-order valence-electron chi connectivity index (χ3n) is 14.4. The normalized spacial score (nSPS) is 18.5. The maximum Gasteiger partial charge on any atom is 0.0703 e. The van der Waals surface area contributed by atoms with E-state index >= 15 is 0 Å². The number of aryl methyl sites for hydroxylation is 1. The maximum absolute atomic E-state index is 2.64. The predicted octanol–water partition coefficient (Wildman–Crippen LogP) is 16.7. The van der Waals surface area contributed by atoms with Crippen LogP contribution in [-0.4, -0.2) is 6.54 Å². The minimum absolute atomic E-state index is 0.450. The second-order valence-corrected chi connectivity index (χ2v) is 18.2. The van der Waals surface area contributed by atoms with Crippen molar-refractivity contribution in [1.29, 1.82) is 0 Å². The molecule has 0 amide bonds. The summed E-state index contributed by atoms with van der Waals surface area (Å²) in [5, 5.41) is 5.04. The van der Waals surface area contributed by atoms with Gasteiger partial charge in [0.15, 0.2) is 0 Å². The first-order valence-corrected chi connectivity index (χ1v) is 23.6. The molecule has 3 heteroatoms. The van der Waals surface area contributed by atoms with Crippen LogP contribution in [0.15, 0.2) is 194 Å². The van der Waals surface area contributed by atoms with Crippen LogP contribution in [0.2, 0.25) is 0 Å². The third-order valence-corrected chi connectivity index (χ3v) is 14.4. The van der Waals surface area contributed by atoms with Crippen molar-refractivity contribution in [2.45, 2.75) is 57.3 Å². The molecule has 0 bridgehead atoms. The summed E-state index contributed by atoms with van der Waals surface area (Å²) in [7, 11) is 0. The van der Waals surface area contributed by atoms with Crippen LogP contribution >= 0.6 is 0 Å². The van der Waals surface area contributed by atoms with Gasteiger partial charge in [0.1, 0.15) is 0 Å². The molecule has 4 aliphatic rings. The van der Waals surface area contributed by atoms with Crippen molar-refractivity contribution in [3.8, 4) is 0 Å². The van der Waals surface area contributed by atoms with Gasteiger partial charge in [-0.15, -0.1) is 0 Å². The highest BCUT2D eigenvalue weighted by atomic mass is 15.3. The summed E-state index contributed by atoms with van der Waals surface area (Å²) in [6.45, 7) is 3.42. The summed E-state index contributed by atoms with van der Waals surface area (Å²) in [5.74, 6) is 1.49. The number of nitrogens with zero attached hydrogens (tertiary/aromatic N) is 3. The predicted molar refractivity (Wildman–Crippen MR) is 272 cm³/mol. The monoisotopic (exact) mass is 827 g/mol. The molecule has 0 aromatic heterocycles. The lowest BCUT2D eigenvalue weighted by atomic mass is 9.80. The summed E-state index contributed by atoms with van der Waals surface area (Å²) in [5.41, 5.74) is 16.8. The molecule has 0 N–H and O–H groups in total. The number of para-hydroxylation sites is 6. The topological polar surface area (TPSA) is 9.72 Å². The molecule has 0 fully saturated rings. The lowest BCUT2D eigenvalue weighted by Gasteiger charge is -2.40. The second-order valence-electron chi connectivity index (χ2n) is 18.2. The van der Waals surface area contributed by atoms with E-state index in [1.165, 1.54) is 105 Å². The van der Waals surface area contributed by atoms with Crippen molar-refractivity contribution in [2.24, 2.45) is 5.92 Å². The Labute approximate surface area is 377 Å². The molecule has 8 aromatic rings. The maximum atomic E-state index is 2.64. The van der Waals surface area contributed by atoms with Crippen LogP contribution in [0.4, 0.5) is 39.8 Å². The Morgan fingerprint density at radius 1 is 0.547 bits per heavy atom. The molecule has 64 heavy (non-hydrogen) atoms. The summed E-state index contributed by atoms with van der Waals surface area (Å²) < 4.78 is 0. The first kappa shape index (κ1) is 38.6. The first-order valence-electron chi connectivity index (χ1n) is 23.6. The van der Waals surface area contributed by atoms with Gasteiger partial charge in [-0.25, -0.2) is 0 Å². The van der Waals surface area contributed by atoms with Crippen LogP contribution in [0.3, 0.4) is 0 Å². The van der Waals surface area contributed by atoms with E-state index in [4.69, 9.17) is 0 Å². The van der Waals surface area contributed by atoms with E-state index in [2.05, 4.69) is 222 Å². The van der Waals surface area contributed by atoms with Gasteiger partial charge < -0.3 is 14.7 Å². The summed E-state index contributed by atoms with van der Waals surface area (Å²) >= 11 is 0. The van der Waals surface area contributed by atoms with Crippen LogP contribution in [0, 0.1) is 5.92 Å². The van der Waals surface area contributed by atoms with E-state index < -0.39 is 0 Å². The zero-order chi connectivity index (χ0) is 42.6. The number of rotatable bonds is 9. The first-order chi connectivity index (χ1) is 31.7. The lowest BCUT2D eigenvalue weighted by Crippen LogP contribution is -2.30. The summed E-state index contributed by atoms with van der Waals surface area (Å²) in [4.78, 5) is 7.38. The Morgan fingerprint density at radius 2 is 1.17 bits per heavy atom. The van der Waals surface area contributed by atoms with Gasteiger partial charge >= 0.3 is 0 Å². The smallest absolute Gasteiger partial charge is 0.0703 e. The van der Waals surface area contributed by atoms with E-state index in [-0.39, 0.29) is 0 Å². The van der Waals surface area contributed by atoms with Crippen molar-refractivity contribution in [3.63, 3.8) is 0 Å². The molecular formula is C61H53N3. The van der Waals surface area contributed by atoms with Gasteiger partial charge in [0.05, 0.1) is 22.7 Å². The Balaban J connectivity index is 0.829. The molecule has 0 saturated heterocycles. The molecule has 0 saturated carbocycles. The fourth-order valence-electron chi connectivity index (χ4n) is 11.4. The third kappa shape index (κ3) is 6.65. The highest BCUT2D eigenvalue weighted by molar-refractivity contribution is 6.10. The largest absolute Gasteiger partial charge is 0.342 e. The van der Waals surface area contributed by atoms with Crippen molar-refractivity contribution in [2.75, 3.05) is 21.2 Å². The van der Waals surface area contributed by atoms with Crippen LogP contribution in [-0.2, 0) is 6.42 Å². The number of hydrogen-bond donors (Lipinski definition) is 0. The molecule has 2 aliphatic heterocycles. The molecule has 12 rings (SSSR count). The summed E-state index contributed by atoms with van der Waals surface area (Å²) in [6.07, 6.45) is 19.7. The van der Waals surface area contributed by atoms with Gasteiger partial charge in [-0.05, 0) is 147 Å². The highest BCUT2D eigenvalue weighted by Crippen LogP contribution is 2.55. The van der Waals surface area contributed by atoms with Crippen molar-refractivity contribution < 1.29 is 0 Å². The number of fused-ring (bicyclic) bond motifs is 9. The number of unbranched alkanes of at least 4 members (excludes halogenated alkanes) is 2. The van der Waals surface area contributed by atoms with Gasteiger partial charge in [0.25, 0.3) is 0 Å². The SMILES string of the molecule is CCCCCC1c2cc(/C=C/c3ccc4c(ccc5cc(N6c7ccccc7N(c7ccccc7)c7ccccc76)ccc54)c3)ccc2C2C=CC(N3CCCc4ccccc43)=CC21. The molecule has 0 spiro atoms. The van der Waals surface area contributed by atoms with Gasteiger partial charge in [-0.2, -0.15) is 0 Å². The summed E-state index contributed by atoms with van der Waals surface area (Å²) in [6, 6.07) is 63.0. The van der Waals surface area contributed by atoms with Gasteiger partial charge in [0.2, 0.25) is 0 Å². The molecule has 312 valence electrons. The number of anilines is 7. The molecule has 3 unspecified atom stereocenters. The van der Waals surface area contributed by atoms with E-state index in [1.807, 2.05) is 0 Å². The quantitative estimate of drug-likeness (QED) is 0.0815. The molecule has 0 radical (unpaired) electrons. The molecule has 3 nitrogen and oxygen atoms in total. The van der Waals surface area contributed by atoms with Crippen LogP contribution < -0.4 is 14.7 Å². The standard InChI is InChI=1S/C61H53N3/c1-2-3-5-19-52-55-39-43(28-34-53(55)54-36-31-48(41-56(52)54)62-37-14-16-44-15-8-9-20-57(44)62)26-25-42-27-33-50-45(38-42)29-30-46-40-49(32-35-51(46)50)64-60-23-12-10-21-58(60)63(47-17-6-4-7-18-47)59-22-11-13-24-61(59)64/h4,6-13,15,17-18,20-36,38-41,52,54,56H,2-3,5,14,16,19,37H2,1H3/b26-25+. The second kappa shape index (κ2) is 16.2. The number of benzene rings is 8. The van der Waals surface area contributed by atoms with E-state index in [9.17, 15) is 0 Å². The van der Waals surface area contributed by atoms with Crippen molar-refractivity contribution in [1.82, 2.24) is 0 Å². The fourth-order valence-corrected chi connectivity index (χ4v) is 11.4. The number of allylic oxidation sites excluding steroid dienone is 3. The Bertz CT molecular complexity index is 3110. The average molecular weight is 828 g/mol. The molecular weight excluding hydrogens is 775 g/mol. The minimum atomic E-state index is 0.450. The van der Waals surface area contributed by atoms with E-state index in [1.54, 1.807) is 5.56 Å². The average Bonchev–Trinajstić information content (AvgIpc) is 3.66. The molecule has 2 heterocycles. The fraction of sp³-hybridized carbons (Fsp3) is 0.180. The van der Waals surface area contributed by atoms with Crippen LogP contribution in [0.1, 0.15) is 78.7 Å². The van der Waals surface area contributed by atoms with Crippen molar-refractivity contribution >= 4 is 73.5 Å². The zero-order valence-electron chi connectivity index (χ0n) is 36.6. The van der Waals surface area contributed by atoms with Crippen LogP contribution in [0.25, 0.3) is 33.7 Å². The minimum Gasteiger partial charge on any atom is -0.342 e. The highest BCUT2D eigenvalue weighted by Gasteiger charge is 2.40. The van der Waals surface area contributed by atoms with Gasteiger partial charge in [-0.3, -0.25) is 0 Å². The zero-order valence-corrected chi connectivity index (χ0v) is 36.6. The molecule has 8 aromatic carbocycles. The van der Waals surface area contributed by atoms with Crippen molar-refractivity contribution in [3.05, 3.63) is 222 Å². The lowest BCUT2D eigenvalue weighted by molar-refractivity contribution is 0.459. The van der Waals surface area contributed by atoms with E-state index in [0.29, 0.717) is 17.8 Å². The van der Waals surface area contributed by atoms with Gasteiger partial charge in [0, 0.05) is 35.2 Å². The Hall–Kier alpha value is -7.10. The molecule has 2 aliphatic carbocycles.